The van der Waals surface area contributed by atoms with Crippen LogP contribution in [-0.2, 0) is 24.0 Å². The fraction of sp³-hybridized carbons (Fsp3) is 0.679. The first-order valence-electron chi connectivity index (χ1n) is 14.1. The molecule has 0 bridgehead atoms. The summed E-state index contributed by atoms with van der Waals surface area (Å²) in [4.78, 5) is 68.8. The summed E-state index contributed by atoms with van der Waals surface area (Å²) in [5.74, 6) is -0.239. The summed E-state index contributed by atoms with van der Waals surface area (Å²) < 4.78 is 0. The van der Waals surface area contributed by atoms with Crippen LogP contribution in [0.5, 0.6) is 0 Å². The molecule has 39 heavy (non-hydrogen) atoms. The number of pyridine rings is 1. The van der Waals surface area contributed by atoms with Gasteiger partial charge in [-0.25, -0.2) is 4.98 Å². The maximum Gasteiger partial charge on any atom is 0.256 e. The number of rotatable bonds is 9. The minimum absolute atomic E-state index is 0.0115. The van der Waals surface area contributed by atoms with Crippen molar-refractivity contribution in [1.29, 1.82) is 0 Å². The van der Waals surface area contributed by atoms with E-state index in [1.54, 1.807) is 16.0 Å². The summed E-state index contributed by atoms with van der Waals surface area (Å²) in [6.45, 7) is 9.59. The van der Waals surface area contributed by atoms with Crippen LogP contribution in [-0.4, -0.2) is 88.0 Å². The number of primary amides is 1. The van der Waals surface area contributed by atoms with Crippen LogP contribution >= 0.6 is 0 Å². The number of fused-ring (bicyclic) bond motifs is 1. The second-order valence-corrected chi connectivity index (χ2v) is 11.7. The maximum atomic E-state index is 14.0. The first-order chi connectivity index (χ1) is 18.6. The third-order valence-electron chi connectivity index (χ3n) is 7.72. The van der Waals surface area contributed by atoms with Crippen molar-refractivity contribution >= 4 is 29.4 Å². The van der Waals surface area contributed by atoms with Crippen LogP contribution in [0.25, 0.3) is 0 Å². The molecule has 2 N–H and O–H groups in total. The topological polar surface area (TPSA) is 129 Å². The van der Waals surface area contributed by atoms with E-state index >= 15 is 0 Å². The highest BCUT2D eigenvalue weighted by Gasteiger charge is 2.53. The Bertz CT molecular complexity index is 1040. The van der Waals surface area contributed by atoms with Crippen molar-refractivity contribution in [2.45, 2.75) is 78.1 Å². The van der Waals surface area contributed by atoms with E-state index in [0.29, 0.717) is 38.8 Å². The van der Waals surface area contributed by atoms with Gasteiger partial charge in [0.25, 0.3) is 11.8 Å². The average Bonchev–Trinajstić information content (AvgIpc) is 2.90. The molecular weight excluding hydrogens is 500 g/mol. The number of nitrogens with zero attached hydrogens (tertiary/aromatic N) is 5. The Kier molecular flexibility index (Phi) is 9.09. The highest BCUT2D eigenvalue weighted by molar-refractivity contribution is 5.92. The van der Waals surface area contributed by atoms with Gasteiger partial charge in [-0.1, -0.05) is 33.8 Å². The second-order valence-electron chi connectivity index (χ2n) is 11.7. The molecule has 4 heterocycles. The van der Waals surface area contributed by atoms with Gasteiger partial charge in [0.15, 0.2) is 12.3 Å². The Hall–Kier alpha value is -3.21. The quantitative estimate of drug-likeness (QED) is 0.503. The number of piperidine rings is 1. The van der Waals surface area contributed by atoms with Gasteiger partial charge in [0.05, 0.1) is 6.54 Å². The second kappa shape index (κ2) is 12.3. The molecule has 4 rings (SSSR count). The Labute approximate surface area is 230 Å². The normalized spacial score (nSPS) is 24.5. The molecule has 1 aromatic rings. The molecule has 1 unspecified atom stereocenters. The van der Waals surface area contributed by atoms with Gasteiger partial charge in [-0.05, 0) is 49.7 Å². The highest BCUT2D eigenvalue weighted by atomic mass is 16.7. The van der Waals surface area contributed by atoms with E-state index in [9.17, 15) is 19.2 Å². The standard InChI is InChI=1S/C28H42N6O5/c1-18(2)15-21-27(37)32(14-10-23(29)35)17-25-33(21)28(38)22(16-19(3)4)39-34(25)26(36)20-8-12-31(13-9-20)24-7-5-6-11-30-24/h5-7,11,18-22,25H,8-10,12-17H2,1-4H3,(H2,29,35)/t21-,22+,25?/m0/s1. The molecule has 11 nitrogen and oxygen atoms in total. The molecule has 0 radical (unpaired) electrons. The molecule has 3 aliphatic heterocycles. The lowest BCUT2D eigenvalue weighted by molar-refractivity contribution is -0.279. The number of carbonyl (C=O) groups excluding carboxylic acids is 4. The van der Waals surface area contributed by atoms with Crippen molar-refractivity contribution in [2.75, 3.05) is 31.1 Å². The zero-order valence-electron chi connectivity index (χ0n) is 23.5. The van der Waals surface area contributed by atoms with E-state index in [1.807, 2.05) is 45.9 Å². The number of nitrogens with two attached hydrogens (primary N) is 1. The number of amides is 4. The summed E-state index contributed by atoms with van der Waals surface area (Å²) in [7, 11) is 0. The van der Waals surface area contributed by atoms with Crippen molar-refractivity contribution in [3.63, 3.8) is 0 Å². The summed E-state index contributed by atoms with van der Waals surface area (Å²) in [5.41, 5.74) is 5.38. The predicted molar refractivity (Wildman–Crippen MR) is 145 cm³/mol. The van der Waals surface area contributed by atoms with Gasteiger partial charge in [0, 0.05) is 38.2 Å². The third kappa shape index (κ3) is 6.51. The third-order valence-corrected chi connectivity index (χ3v) is 7.72. The average molecular weight is 543 g/mol. The highest BCUT2D eigenvalue weighted by Crippen LogP contribution is 2.34. The van der Waals surface area contributed by atoms with Gasteiger partial charge in [-0.15, -0.1) is 0 Å². The lowest BCUT2D eigenvalue weighted by Crippen LogP contribution is -2.74. The number of aromatic nitrogens is 1. The molecule has 3 atom stereocenters. The minimum Gasteiger partial charge on any atom is -0.370 e. The maximum absolute atomic E-state index is 14.0. The van der Waals surface area contributed by atoms with Gasteiger partial charge in [0.1, 0.15) is 11.9 Å². The Balaban J connectivity index is 1.60. The van der Waals surface area contributed by atoms with Crippen LogP contribution < -0.4 is 10.6 Å². The van der Waals surface area contributed by atoms with E-state index in [2.05, 4.69) is 9.88 Å². The van der Waals surface area contributed by atoms with Crippen molar-refractivity contribution in [3.05, 3.63) is 24.4 Å². The van der Waals surface area contributed by atoms with Crippen LogP contribution in [0.1, 0.15) is 59.8 Å². The Morgan fingerprint density at radius 3 is 2.33 bits per heavy atom. The largest absolute Gasteiger partial charge is 0.370 e. The Morgan fingerprint density at radius 1 is 1.05 bits per heavy atom. The molecule has 4 amide bonds. The number of hydroxylamine groups is 2. The number of anilines is 1. The predicted octanol–water partition coefficient (Wildman–Crippen LogP) is 1.77. The summed E-state index contributed by atoms with van der Waals surface area (Å²) in [6.07, 6.45) is 2.34. The minimum atomic E-state index is -0.835. The van der Waals surface area contributed by atoms with Gasteiger partial charge in [-0.3, -0.25) is 24.0 Å². The Morgan fingerprint density at radius 2 is 1.74 bits per heavy atom. The van der Waals surface area contributed by atoms with Gasteiger partial charge >= 0.3 is 0 Å². The molecule has 214 valence electrons. The summed E-state index contributed by atoms with van der Waals surface area (Å²) >= 11 is 0. The van der Waals surface area contributed by atoms with Gasteiger partial charge in [0.2, 0.25) is 11.8 Å². The molecule has 0 aliphatic carbocycles. The van der Waals surface area contributed by atoms with Crippen LogP contribution in [0, 0.1) is 17.8 Å². The van der Waals surface area contributed by atoms with Crippen molar-refractivity contribution in [2.24, 2.45) is 23.5 Å². The SMILES string of the molecule is CC(C)C[C@H]1ON(C(=O)C2CCN(c3ccccn3)CC2)C2CN(CCC(N)=O)C(=O)[C@H](CC(C)C)N2C1=O. The zero-order valence-corrected chi connectivity index (χ0v) is 23.5. The molecule has 1 aromatic heterocycles. The van der Waals surface area contributed by atoms with Crippen molar-refractivity contribution in [3.8, 4) is 0 Å². The number of hydrogen-bond donors (Lipinski definition) is 1. The summed E-state index contributed by atoms with van der Waals surface area (Å²) in [6, 6.07) is 5.06. The molecule has 0 spiro atoms. The monoisotopic (exact) mass is 542 g/mol. The number of hydrogen-bond acceptors (Lipinski definition) is 7. The van der Waals surface area contributed by atoms with Crippen molar-refractivity contribution < 1.29 is 24.0 Å². The van der Waals surface area contributed by atoms with Crippen LogP contribution in [0.3, 0.4) is 0 Å². The van der Waals surface area contributed by atoms with E-state index < -0.39 is 24.2 Å². The molecule has 3 aliphatic rings. The van der Waals surface area contributed by atoms with E-state index in [0.717, 1.165) is 5.82 Å². The van der Waals surface area contributed by atoms with Crippen molar-refractivity contribution in [1.82, 2.24) is 19.8 Å². The summed E-state index contributed by atoms with van der Waals surface area (Å²) in [5, 5.41) is 1.38. The van der Waals surface area contributed by atoms with Gasteiger partial charge < -0.3 is 20.4 Å². The van der Waals surface area contributed by atoms with Crippen LogP contribution in [0.4, 0.5) is 5.82 Å². The smallest absolute Gasteiger partial charge is 0.256 e. The zero-order chi connectivity index (χ0) is 28.3. The van der Waals surface area contributed by atoms with E-state index in [4.69, 9.17) is 10.6 Å². The first kappa shape index (κ1) is 28.8. The molecule has 3 saturated heterocycles. The molecular formula is C28H42N6O5. The lowest BCUT2D eigenvalue weighted by atomic mass is 9.93. The fourth-order valence-electron chi connectivity index (χ4n) is 5.77. The number of carbonyl (C=O) groups is 4. The number of piperazine rings is 1. The molecule has 0 aromatic carbocycles. The molecule has 3 fully saturated rings. The first-order valence-corrected chi connectivity index (χ1v) is 14.1. The molecule has 0 saturated carbocycles. The van der Waals surface area contributed by atoms with E-state index in [1.165, 1.54) is 5.06 Å². The van der Waals surface area contributed by atoms with E-state index in [-0.39, 0.29) is 55.0 Å². The molecule has 11 heteroatoms. The lowest BCUT2D eigenvalue weighted by Gasteiger charge is -2.54. The van der Waals surface area contributed by atoms with Crippen LogP contribution in [0.2, 0.25) is 0 Å². The van der Waals surface area contributed by atoms with Gasteiger partial charge in [-0.2, -0.15) is 5.06 Å². The van der Waals surface area contributed by atoms with Crippen LogP contribution in [0.15, 0.2) is 24.4 Å². The fourth-order valence-corrected chi connectivity index (χ4v) is 5.77.